The van der Waals surface area contributed by atoms with Crippen molar-refractivity contribution in [1.29, 1.82) is 0 Å². The molecule has 0 aromatic heterocycles. The lowest BCUT2D eigenvalue weighted by Crippen LogP contribution is -2.03. The fraction of sp³-hybridized carbons (Fsp3) is 0.143. The van der Waals surface area contributed by atoms with E-state index in [1.165, 1.54) is 0 Å². The number of hydrogen-bond acceptors (Lipinski definition) is 2. The summed E-state index contributed by atoms with van der Waals surface area (Å²) < 4.78 is 7.06. The lowest BCUT2D eigenvalue weighted by Gasteiger charge is -2.16. The first-order valence-electron chi connectivity index (χ1n) is 5.39. The van der Waals surface area contributed by atoms with E-state index in [-0.39, 0.29) is 0 Å². The molecule has 2 rings (SSSR count). The van der Waals surface area contributed by atoms with Crippen LogP contribution in [0.25, 0.3) is 0 Å². The average Bonchev–Trinajstić information content (AvgIpc) is 2.40. The van der Waals surface area contributed by atoms with Crippen molar-refractivity contribution in [2.24, 2.45) is 0 Å². The van der Waals surface area contributed by atoms with Gasteiger partial charge in [-0.3, -0.25) is 0 Å². The predicted octanol–water partition coefficient (Wildman–Crippen LogP) is 4.30. The maximum absolute atomic E-state index is 10.5. The van der Waals surface area contributed by atoms with Crippen molar-refractivity contribution in [2.45, 2.75) is 6.10 Å². The van der Waals surface area contributed by atoms with Crippen molar-refractivity contribution < 1.29 is 9.84 Å². The molecule has 2 nitrogen and oxygen atoms in total. The second-order valence-electron chi connectivity index (χ2n) is 3.81. The van der Waals surface area contributed by atoms with Crippen LogP contribution in [0.15, 0.2) is 51.4 Å². The van der Waals surface area contributed by atoms with E-state index in [4.69, 9.17) is 4.74 Å². The maximum atomic E-state index is 10.5. The van der Waals surface area contributed by atoms with Crippen molar-refractivity contribution in [2.75, 3.05) is 7.11 Å². The highest BCUT2D eigenvalue weighted by molar-refractivity contribution is 9.11. The predicted molar refractivity (Wildman–Crippen MR) is 78.9 cm³/mol. The van der Waals surface area contributed by atoms with E-state index in [2.05, 4.69) is 31.9 Å². The van der Waals surface area contributed by atoms with E-state index in [0.717, 1.165) is 20.1 Å². The van der Waals surface area contributed by atoms with Gasteiger partial charge in [-0.25, -0.2) is 0 Å². The summed E-state index contributed by atoms with van der Waals surface area (Å²) in [5, 5.41) is 10.5. The average molecular weight is 372 g/mol. The lowest BCUT2D eigenvalue weighted by atomic mass is 10.0. The molecule has 0 fully saturated rings. The Bertz CT molecular complexity index is 555. The number of ether oxygens (including phenoxy) is 1. The second kappa shape index (κ2) is 5.87. The van der Waals surface area contributed by atoms with Gasteiger partial charge >= 0.3 is 0 Å². The van der Waals surface area contributed by atoms with Gasteiger partial charge in [0.1, 0.15) is 11.9 Å². The SMILES string of the molecule is COc1ccccc1C(O)c1cc(Br)ccc1Br. The molecule has 1 unspecified atom stereocenters. The third-order valence-corrected chi connectivity index (χ3v) is 3.90. The highest BCUT2D eigenvalue weighted by Gasteiger charge is 2.17. The molecule has 2 aromatic rings. The van der Waals surface area contributed by atoms with Gasteiger partial charge in [-0.05, 0) is 24.3 Å². The summed E-state index contributed by atoms with van der Waals surface area (Å²) in [6, 6.07) is 13.2. The molecule has 0 amide bonds. The minimum absolute atomic E-state index is 0.678. The molecule has 0 aliphatic rings. The Labute approximate surface area is 123 Å². The number of para-hydroxylation sites is 1. The van der Waals surface area contributed by atoms with Gasteiger partial charge in [0, 0.05) is 20.1 Å². The molecule has 0 saturated heterocycles. The molecular weight excluding hydrogens is 360 g/mol. The first-order chi connectivity index (χ1) is 8.63. The van der Waals surface area contributed by atoms with Gasteiger partial charge in [-0.15, -0.1) is 0 Å². The van der Waals surface area contributed by atoms with Gasteiger partial charge in [0.25, 0.3) is 0 Å². The molecule has 1 atom stereocenters. The van der Waals surface area contributed by atoms with Gasteiger partial charge in [0.2, 0.25) is 0 Å². The van der Waals surface area contributed by atoms with Gasteiger partial charge in [0.05, 0.1) is 7.11 Å². The summed E-state index contributed by atoms with van der Waals surface area (Å²) in [6.45, 7) is 0. The number of methoxy groups -OCH3 is 1. The van der Waals surface area contributed by atoms with Crippen molar-refractivity contribution in [3.8, 4) is 5.75 Å². The zero-order valence-corrected chi connectivity index (χ0v) is 12.9. The molecule has 18 heavy (non-hydrogen) atoms. The molecule has 0 aliphatic carbocycles. The van der Waals surface area contributed by atoms with Gasteiger partial charge in [-0.1, -0.05) is 50.1 Å². The Balaban J connectivity index is 2.47. The van der Waals surface area contributed by atoms with E-state index < -0.39 is 6.10 Å². The zero-order valence-electron chi connectivity index (χ0n) is 9.73. The summed E-state index contributed by atoms with van der Waals surface area (Å²) >= 11 is 6.86. The van der Waals surface area contributed by atoms with Crippen LogP contribution in [-0.2, 0) is 0 Å². The van der Waals surface area contributed by atoms with Crippen LogP contribution in [0.1, 0.15) is 17.2 Å². The lowest BCUT2D eigenvalue weighted by molar-refractivity contribution is 0.214. The molecule has 0 radical (unpaired) electrons. The van der Waals surface area contributed by atoms with Gasteiger partial charge in [0.15, 0.2) is 0 Å². The minimum atomic E-state index is -0.729. The number of halogens is 2. The van der Waals surface area contributed by atoms with Crippen LogP contribution in [0.3, 0.4) is 0 Å². The molecule has 0 heterocycles. The molecule has 1 N–H and O–H groups in total. The van der Waals surface area contributed by atoms with Gasteiger partial charge in [-0.2, -0.15) is 0 Å². The molecule has 0 spiro atoms. The van der Waals surface area contributed by atoms with Crippen LogP contribution in [-0.4, -0.2) is 12.2 Å². The first kappa shape index (κ1) is 13.6. The van der Waals surface area contributed by atoms with E-state index in [1.54, 1.807) is 7.11 Å². The van der Waals surface area contributed by atoms with Crippen LogP contribution < -0.4 is 4.74 Å². The number of aliphatic hydroxyl groups is 1. The van der Waals surface area contributed by atoms with Crippen LogP contribution >= 0.6 is 31.9 Å². The number of hydrogen-bond donors (Lipinski definition) is 1. The minimum Gasteiger partial charge on any atom is -0.496 e. The zero-order chi connectivity index (χ0) is 13.1. The summed E-state index contributed by atoms with van der Waals surface area (Å²) in [4.78, 5) is 0. The largest absolute Gasteiger partial charge is 0.496 e. The summed E-state index contributed by atoms with van der Waals surface area (Å²) in [6.07, 6.45) is -0.729. The second-order valence-corrected chi connectivity index (χ2v) is 5.58. The monoisotopic (exact) mass is 370 g/mol. The van der Waals surface area contributed by atoms with Crippen molar-refractivity contribution in [3.63, 3.8) is 0 Å². The third kappa shape index (κ3) is 2.76. The Hall–Kier alpha value is -0.840. The highest BCUT2D eigenvalue weighted by Crippen LogP contribution is 2.34. The fourth-order valence-corrected chi connectivity index (χ4v) is 2.63. The number of aliphatic hydroxyl groups excluding tert-OH is 1. The molecule has 0 saturated carbocycles. The van der Waals surface area contributed by atoms with Crippen molar-refractivity contribution in [3.05, 3.63) is 62.5 Å². The Morgan fingerprint density at radius 2 is 1.78 bits per heavy atom. The number of rotatable bonds is 3. The van der Waals surface area contributed by atoms with E-state index in [9.17, 15) is 5.11 Å². The molecule has 0 aliphatic heterocycles. The topological polar surface area (TPSA) is 29.5 Å². The van der Waals surface area contributed by atoms with E-state index in [1.807, 2.05) is 42.5 Å². The smallest absolute Gasteiger partial charge is 0.125 e. The molecule has 2 aromatic carbocycles. The quantitative estimate of drug-likeness (QED) is 0.871. The molecular formula is C14H12Br2O2. The highest BCUT2D eigenvalue weighted by atomic mass is 79.9. The van der Waals surface area contributed by atoms with E-state index in [0.29, 0.717) is 5.75 Å². The first-order valence-corrected chi connectivity index (χ1v) is 6.98. The summed E-state index contributed by atoms with van der Waals surface area (Å²) in [5.74, 6) is 0.678. The Kier molecular flexibility index (Phi) is 4.43. The van der Waals surface area contributed by atoms with Crippen LogP contribution in [0.5, 0.6) is 5.75 Å². The standard InChI is InChI=1S/C14H12Br2O2/c1-18-13-5-3-2-4-10(13)14(17)11-8-9(15)6-7-12(11)16/h2-8,14,17H,1H3. The normalized spacial score (nSPS) is 12.2. The van der Waals surface area contributed by atoms with Crippen LogP contribution in [0.4, 0.5) is 0 Å². The Morgan fingerprint density at radius 1 is 1.06 bits per heavy atom. The Morgan fingerprint density at radius 3 is 2.50 bits per heavy atom. The number of benzene rings is 2. The maximum Gasteiger partial charge on any atom is 0.125 e. The van der Waals surface area contributed by atoms with E-state index >= 15 is 0 Å². The third-order valence-electron chi connectivity index (χ3n) is 2.69. The van der Waals surface area contributed by atoms with Gasteiger partial charge < -0.3 is 9.84 Å². The molecule has 4 heteroatoms. The fourth-order valence-electron chi connectivity index (χ4n) is 1.78. The van der Waals surface area contributed by atoms with Crippen LogP contribution in [0, 0.1) is 0 Å². The van der Waals surface area contributed by atoms with Crippen molar-refractivity contribution in [1.82, 2.24) is 0 Å². The molecule has 94 valence electrons. The summed E-state index contributed by atoms with van der Waals surface area (Å²) in [7, 11) is 1.60. The van der Waals surface area contributed by atoms with Crippen LogP contribution in [0.2, 0.25) is 0 Å². The summed E-state index contributed by atoms with van der Waals surface area (Å²) in [5.41, 5.74) is 1.55. The molecule has 0 bridgehead atoms. The van der Waals surface area contributed by atoms with Crippen molar-refractivity contribution >= 4 is 31.9 Å².